The van der Waals surface area contributed by atoms with Crippen LogP contribution in [0.1, 0.15) is 19.4 Å². The van der Waals surface area contributed by atoms with E-state index in [4.69, 9.17) is 14.6 Å². The molecular formula is C14H17IO4. The molecule has 19 heavy (non-hydrogen) atoms. The molecule has 0 spiro atoms. The highest BCUT2D eigenvalue weighted by molar-refractivity contribution is 14.1. The fraction of sp³-hybridized carbons (Fsp3) is 0.357. The Labute approximate surface area is 126 Å². The average Bonchev–Trinajstić information content (AvgIpc) is 2.38. The van der Waals surface area contributed by atoms with E-state index in [0.29, 0.717) is 25.4 Å². The maximum absolute atomic E-state index is 10.8. The summed E-state index contributed by atoms with van der Waals surface area (Å²) in [5.74, 6) is -0.176. The van der Waals surface area contributed by atoms with Crippen molar-refractivity contribution in [2.75, 3.05) is 19.8 Å². The fourth-order valence-corrected chi connectivity index (χ4v) is 1.88. The standard InChI is InChI=1S/C14H17IO4/c1-3-18-6-7-19-13-9-11(4-5-12(13)15)8-10(2)14(16)17/h4-5,8-9H,3,6-7H2,1-2H3,(H,16,17). The predicted octanol–water partition coefficient (Wildman–Crippen LogP) is 3.19. The molecule has 0 heterocycles. The van der Waals surface area contributed by atoms with Crippen molar-refractivity contribution in [3.05, 3.63) is 32.9 Å². The zero-order valence-corrected chi connectivity index (χ0v) is 13.1. The number of carboxylic acids is 1. The van der Waals surface area contributed by atoms with Crippen LogP contribution in [-0.2, 0) is 9.53 Å². The van der Waals surface area contributed by atoms with Crippen LogP contribution in [0.2, 0.25) is 0 Å². The van der Waals surface area contributed by atoms with Crippen LogP contribution in [-0.4, -0.2) is 30.9 Å². The molecule has 0 amide bonds. The van der Waals surface area contributed by atoms with Crippen molar-refractivity contribution in [1.29, 1.82) is 0 Å². The molecule has 0 aliphatic carbocycles. The van der Waals surface area contributed by atoms with E-state index in [-0.39, 0.29) is 0 Å². The highest BCUT2D eigenvalue weighted by Gasteiger charge is 2.04. The molecule has 1 aromatic carbocycles. The number of hydrogen-bond donors (Lipinski definition) is 1. The first-order chi connectivity index (χ1) is 9.04. The molecule has 0 atom stereocenters. The number of aliphatic carboxylic acids is 1. The van der Waals surface area contributed by atoms with Gasteiger partial charge in [-0.1, -0.05) is 6.07 Å². The van der Waals surface area contributed by atoms with E-state index in [1.54, 1.807) is 13.0 Å². The molecule has 0 aliphatic heterocycles. The van der Waals surface area contributed by atoms with Gasteiger partial charge in [0.25, 0.3) is 0 Å². The van der Waals surface area contributed by atoms with Gasteiger partial charge in [-0.25, -0.2) is 4.79 Å². The minimum atomic E-state index is -0.919. The Hall–Kier alpha value is -1.08. The molecule has 1 rings (SSSR count). The summed E-state index contributed by atoms with van der Waals surface area (Å²) < 4.78 is 11.8. The van der Waals surface area contributed by atoms with E-state index in [2.05, 4.69) is 22.6 Å². The maximum atomic E-state index is 10.8. The molecule has 0 aliphatic rings. The molecule has 0 saturated heterocycles. The highest BCUT2D eigenvalue weighted by atomic mass is 127. The summed E-state index contributed by atoms with van der Waals surface area (Å²) in [5.41, 5.74) is 1.10. The van der Waals surface area contributed by atoms with E-state index < -0.39 is 5.97 Å². The zero-order chi connectivity index (χ0) is 14.3. The van der Waals surface area contributed by atoms with Crippen LogP contribution in [0.4, 0.5) is 0 Å². The van der Waals surface area contributed by atoms with Crippen LogP contribution in [0.5, 0.6) is 5.75 Å². The monoisotopic (exact) mass is 376 g/mol. The highest BCUT2D eigenvalue weighted by Crippen LogP contribution is 2.23. The van der Waals surface area contributed by atoms with Crippen molar-refractivity contribution in [1.82, 2.24) is 0 Å². The van der Waals surface area contributed by atoms with Gasteiger partial charge in [0, 0.05) is 12.2 Å². The Bertz CT molecular complexity index is 469. The molecule has 0 saturated carbocycles. The summed E-state index contributed by atoms with van der Waals surface area (Å²) in [7, 11) is 0. The van der Waals surface area contributed by atoms with Gasteiger partial charge >= 0.3 is 5.97 Å². The van der Waals surface area contributed by atoms with Crippen LogP contribution >= 0.6 is 22.6 Å². The molecule has 0 unspecified atom stereocenters. The van der Waals surface area contributed by atoms with E-state index in [0.717, 1.165) is 14.9 Å². The average molecular weight is 376 g/mol. The van der Waals surface area contributed by atoms with Gasteiger partial charge in [-0.15, -0.1) is 0 Å². The third-order valence-electron chi connectivity index (χ3n) is 2.37. The summed E-state index contributed by atoms with van der Waals surface area (Å²) in [6, 6.07) is 5.60. The summed E-state index contributed by atoms with van der Waals surface area (Å²) in [5, 5.41) is 8.85. The third kappa shape index (κ3) is 5.61. The molecular weight excluding hydrogens is 359 g/mol. The molecule has 0 fully saturated rings. The molecule has 1 N–H and O–H groups in total. The molecule has 0 radical (unpaired) electrons. The van der Waals surface area contributed by atoms with Crippen LogP contribution in [0.15, 0.2) is 23.8 Å². The Kier molecular flexibility index (Phi) is 6.86. The number of carboxylic acid groups (broad SMARTS) is 1. The van der Waals surface area contributed by atoms with Crippen LogP contribution in [0.3, 0.4) is 0 Å². The van der Waals surface area contributed by atoms with Crippen molar-refractivity contribution in [2.45, 2.75) is 13.8 Å². The Balaban J connectivity index is 2.77. The minimum absolute atomic E-state index is 0.293. The number of halogens is 1. The molecule has 4 nitrogen and oxygen atoms in total. The fourth-order valence-electron chi connectivity index (χ4n) is 1.39. The van der Waals surface area contributed by atoms with Crippen molar-refractivity contribution in [2.24, 2.45) is 0 Å². The van der Waals surface area contributed by atoms with Gasteiger partial charge in [0.2, 0.25) is 0 Å². The van der Waals surface area contributed by atoms with Crippen LogP contribution in [0, 0.1) is 3.57 Å². The lowest BCUT2D eigenvalue weighted by molar-refractivity contribution is -0.132. The molecule has 104 valence electrons. The number of carbonyl (C=O) groups is 1. The Morgan fingerprint density at radius 3 is 2.79 bits per heavy atom. The van der Waals surface area contributed by atoms with E-state index in [9.17, 15) is 4.79 Å². The normalized spacial score (nSPS) is 11.4. The van der Waals surface area contributed by atoms with Gasteiger partial charge in [-0.2, -0.15) is 0 Å². The quantitative estimate of drug-likeness (QED) is 0.451. The van der Waals surface area contributed by atoms with Gasteiger partial charge in [-0.3, -0.25) is 0 Å². The van der Waals surface area contributed by atoms with Gasteiger partial charge in [0.1, 0.15) is 12.4 Å². The molecule has 5 heteroatoms. The maximum Gasteiger partial charge on any atom is 0.331 e. The van der Waals surface area contributed by atoms with E-state index in [1.807, 2.05) is 25.1 Å². The van der Waals surface area contributed by atoms with E-state index >= 15 is 0 Å². The van der Waals surface area contributed by atoms with Gasteiger partial charge in [-0.05, 0) is 60.2 Å². The lowest BCUT2D eigenvalue weighted by Crippen LogP contribution is -2.07. The predicted molar refractivity (Wildman–Crippen MR) is 82.4 cm³/mol. The second-order valence-corrected chi connectivity index (χ2v) is 5.03. The van der Waals surface area contributed by atoms with Crippen LogP contribution in [0.25, 0.3) is 6.08 Å². The topological polar surface area (TPSA) is 55.8 Å². The van der Waals surface area contributed by atoms with Gasteiger partial charge in [0.05, 0.1) is 10.2 Å². The second kappa shape index (κ2) is 8.16. The minimum Gasteiger partial charge on any atom is -0.490 e. The van der Waals surface area contributed by atoms with Crippen molar-refractivity contribution in [3.8, 4) is 5.75 Å². The van der Waals surface area contributed by atoms with Gasteiger partial charge in [0.15, 0.2) is 0 Å². The molecule has 0 bridgehead atoms. The third-order valence-corrected chi connectivity index (χ3v) is 3.26. The van der Waals surface area contributed by atoms with Crippen molar-refractivity contribution < 1.29 is 19.4 Å². The first-order valence-corrected chi connectivity index (χ1v) is 7.04. The molecule has 1 aromatic rings. The van der Waals surface area contributed by atoms with Crippen molar-refractivity contribution in [3.63, 3.8) is 0 Å². The summed E-state index contributed by atoms with van der Waals surface area (Å²) in [6.07, 6.45) is 1.62. The van der Waals surface area contributed by atoms with Crippen LogP contribution < -0.4 is 4.74 Å². The number of hydrogen-bond acceptors (Lipinski definition) is 3. The molecule has 0 aromatic heterocycles. The summed E-state index contributed by atoms with van der Waals surface area (Å²) in [6.45, 7) is 5.19. The van der Waals surface area contributed by atoms with Gasteiger partial charge < -0.3 is 14.6 Å². The summed E-state index contributed by atoms with van der Waals surface area (Å²) >= 11 is 2.18. The number of ether oxygens (including phenoxy) is 2. The lowest BCUT2D eigenvalue weighted by Gasteiger charge is -2.09. The number of benzene rings is 1. The van der Waals surface area contributed by atoms with Crippen molar-refractivity contribution >= 4 is 34.6 Å². The second-order valence-electron chi connectivity index (χ2n) is 3.87. The zero-order valence-electron chi connectivity index (χ0n) is 11.0. The largest absolute Gasteiger partial charge is 0.490 e. The first kappa shape index (κ1) is 16.0. The summed E-state index contributed by atoms with van der Waals surface area (Å²) in [4.78, 5) is 10.8. The number of rotatable bonds is 7. The lowest BCUT2D eigenvalue weighted by atomic mass is 10.1. The smallest absolute Gasteiger partial charge is 0.331 e. The Morgan fingerprint density at radius 1 is 1.42 bits per heavy atom. The first-order valence-electron chi connectivity index (χ1n) is 5.96. The SMILES string of the molecule is CCOCCOc1cc(C=C(C)C(=O)O)ccc1I. The Morgan fingerprint density at radius 2 is 2.16 bits per heavy atom. The van der Waals surface area contributed by atoms with E-state index in [1.165, 1.54) is 0 Å².